The Morgan fingerprint density at radius 3 is 2.56 bits per heavy atom. The number of hydrogen-bond donors (Lipinski definition) is 2. The average Bonchev–Trinajstić information content (AvgIpc) is 3.03. The molecule has 1 aliphatic heterocycles. The largest absolute Gasteiger partial charge is 0.360 e. The molecule has 144 valence electrons. The zero-order valence-corrected chi connectivity index (χ0v) is 16.6. The molecule has 1 aromatic carbocycles. The van der Waals surface area contributed by atoms with Gasteiger partial charge < -0.3 is 20.1 Å². The molecule has 0 aliphatic carbocycles. The molecule has 27 heavy (non-hydrogen) atoms. The fourth-order valence-corrected chi connectivity index (χ4v) is 3.52. The van der Waals surface area contributed by atoms with Crippen LogP contribution in [0.4, 0.5) is 0 Å². The number of carbonyl (C=O) groups is 3. The first-order valence-electron chi connectivity index (χ1n) is 8.81. The van der Waals surface area contributed by atoms with E-state index in [-0.39, 0.29) is 23.6 Å². The number of carbonyl (C=O) groups excluding carboxylic acids is 3. The van der Waals surface area contributed by atoms with Gasteiger partial charge in [-0.3, -0.25) is 14.4 Å². The number of H-pyrrole nitrogens is 1. The predicted octanol–water partition coefficient (Wildman–Crippen LogP) is 1.91. The van der Waals surface area contributed by atoms with Gasteiger partial charge in [-0.15, -0.1) is 0 Å². The fourth-order valence-electron chi connectivity index (χ4n) is 3.27. The van der Waals surface area contributed by atoms with E-state index in [1.807, 2.05) is 13.8 Å². The highest BCUT2D eigenvalue weighted by Gasteiger charge is 2.29. The number of nitrogens with one attached hydrogen (secondary N) is 2. The molecule has 0 bridgehead atoms. The summed E-state index contributed by atoms with van der Waals surface area (Å²) in [4.78, 5) is 43.6. The smallest absolute Gasteiger partial charge is 0.294 e. The quantitative estimate of drug-likeness (QED) is 0.619. The molecule has 1 fully saturated rings. The maximum atomic E-state index is 13.1. The number of ketones is 1. The minimum atomic E-state index is -0.629. The van der Waals surface area contributed by atoms with E-state index >= 15 is 0 Å². The first kappa shape index (κ1) is 19.4. The number of rotatable bonds is 3. The zero-order chi connectivity index (χ0) is 19.9. The summed E-state index contributed by atoms with van der Waals surface area (Å²) in [6.07, 6.45) is 1.48. The first-order chi connectivity index (χ1) is 12.7. The Labute approximate surface area is 162 Å². The van der Waals surface area contributed by atoms with Gasteiger partial charge >= 0.3 is 0 Å². The second-order valence-corrected chi connectivity index (χ2v) is 7.63. The maximum Gasteiger partial charge on any atom is 0.294 e. The van der Waals surface area contributed by atoms with Gasteiger partial charge in [0.15, 0.2) is 0 Å². The fraction of sp³-hybridized carbons (Fsp3) is 0.421. The summed E-state index contributed by atoms with van der Waals surface area (Å²) >= 11 is 6.36. The van der Waals surface area contributed by atoms with E-state index in [9.17, 15) is 14.4 Å². The highest BCUT2D eigenvalue weighted by molar-refractivity contribution is 6.45. The molecule has 0 unspecified atom stereocenters. The monoisotopic (exact) mass is 390 g/mol. The molecule has 1 aliphatic rings. The Balaban J connectivity index is 2.03. The number of aromatic nitrogens is 1. The highest BCUT2D eigenvalue weighted by Crippen LogP contribution is 2.28. The van der Waals surface area contributed by atoms with Crippen molar-refractivity contribution in [3.05, 3.63) is 34.5 Å². The molecule has 1 saturated heterocycles. The van der Waals surface area contributed by atoms with E-state index in [4.69, 9.17) is 11.6 Å². The van der Waals surface area contributed by atoms with Crippen molar-refractivity contribution in [1.82, 2.24) is 20.1 Å². The van der Waals surface area contributed by atoms with Crippen molar-refractivity contribution in [3.8, 4) is 0 Å². The van der Waals surface area contributed by atoms with Crippen molar-refractivity contribution in [3.63, 3.8) is 0 Å². The number of hydrogen-bond acceptors (Lipinski definition) is 4. The normalized spacial score (nSPS) is 20.0. The van der Waals surface area contributed by atoms with Crippen LogP contribution in [-0.4, -0.2) is 71.6 Å². The molecule has 7 nitrogen and oxygen atoms in total. The molecule has 0 saturated carbocycles. The first-order valence-corrected chi connectivity index (χ1v) is 9.19. The third-order valence-electron chi connectivity index (χ3n) is 4.87. The third-order valence-corrected chi connectivity index (χ3v) is 5.18. The Morgan fingerprint density at radius 2 is 1.89 bits per heavy atom. The molecule has 1 aromatic heterocycles. The average molecular weight is 391 g/mol. The summed E-state index contributed by atoms with van der Waals surface area (Å²) in [6, 6.07) is 3.45. The van der Waals surface area contributed by atoms with Crippen LogP contribution in [0.5, 0.6) is 0 Å². The van der Waals surface area contributed by atoms with Crippen LogP contribution in [0.3, 0.4) is 0 Å². The lowest BCUT2D eigenvalue weighted by Crippen LogP contribution is -2.56. The number of nitrogens with zero attached hydrogens (tertiary/aromatic N) is 2. The topological polar surface area (TPSA) is 85.5 Å². The second kappa shape index (κ2) is 7.32. The van der Waals surface area contributed by atoms with E-state index in [2.05, 4.69) is 10.3 Å². The molecule has 0 spiro atoms. The van der Waals surface area contributed by atoms with Gasteiger partial charge in [0.05, 0.1) is 16.1 Å². The van der Waals surface area contributed by atoms with Crippen molar-refractivity contribution in [2.75, 3.05) is 27.2 Å². The van der Waals surface area contributed by atoms with Crippen LogP contribution >= 0.6 is 11.6 Å². The molecule has 8 heteroatoms. The summed E-state index contributed by atoms with van der Waals surface area (Å²) in [5.74, 6) is -1.43. The Bertz CT molecular complexity index is 921. The number of fused-ring (bicyclic) bond motifs is 1. The molecule has 0 radical (unpaired) electrons. The molecular weight excluding hydrogens is 368 g/mol. The van der Waals surface area contributed by atoms with Crippen LogP contribution in [-0.2, 0) is 4.79 Å². The van der Waals surface area contributed by atoms with Gasteiger partial charge in [-0.05, 0) is 26.0 Å². The van der Waals surface area contributed by atoms with Crippen LogP contribution in [0.25, 0.3) is 10.9 Å². The number of likely N-dealkylation sites (N-methyl/N-ethyl adjacent to an activating group) is 1. The van der Waals surface area contributed by atoms with E-state index in [0.29, 0.717) is 34.6 Å². The number of Topliss-reactive ketones (excluding diaryl/α,β-unsaturated/α-hetero) is 1. The molecule has 3 rings (SSSR count). The van der Waals surface area contributed by atoms with Crippen molar-refractivity contribution in [2.45, 2.75) is 25.9 Å². The van der Waals surface area contributed by atoms with Crippen molar-refractivity contribution >= 4 is 40.1 Å². The van der Waals surface area contributed by atoms with Crippen LogP contribution in [0, 0.1) is 0 Å². The van der Waals surface area contributed by atoms with E-state index in [1.165, 1.54) is 25.2 Å². The number of aromatic amines is 1. The molecule has 2 amide bonds. The Morgan fingerprint density at radius 1 is 1.19 bits per heavy atom. The lowest BCUT2D eigenvalue weighted by atomic mass is 10.0. The van der Waals surface area contributed by atoms with Crippen LogP contribution in [0.1, 0.15) is 34.6 Å². The van der Waals surface area contributed by atoms with E-state index < -0.39 is 11.7 Å². The summed E-state index contributed by atoms with van der Waals surface area (Å²) in [5, 5.41) is 4.16. The summed E-state index contributed by atoms with van der Waals surface area (Å²) in [6.45, 7) is 5.28. The van der Waals surface area contributed by atoms with E-state index in [0.717, 1.165) is 0 Å². The zero-order valence-electron chi connectivity index (χ0n) is 15.8. The van der Waals surface area contributed by atoms with Gasteiger partial charge in [0.1, 0.15) is 0 Å². The number of benzene rings is 1. The van der Waals surface area contributed by atoms with Gasteiger partial charge in [-0.1, -0.05) is 11.6 Å². The lowest BCUT2D eigenvalue weighted by molar-refractivity contribution is -0.124. The number of piperazine rings is 1. The van der Waals surface area contributed by atoms with Crippen LogP contribution < -0.4 is 5.32 Å². The Hall–Kier alpha value is -2.38. The minimum Gasteiger partial charge on any atom is -0.360 e. The molecule has 2 atom stereocenters. The summed E-state index contributed by atoms with van der Waals surface area (Å²) < 4.78 is 0. The molecule has 2 aromatic rings. The summed E-state index contributed by atoms with van der Waals surface area (Å²) in [5.41, 5.74) is 1.17. The van der Waals surface area contributed by atoms with E-state index in [1.54, 1.807) is 17.0 Å². The van der Waals surface area contributed by atoms with Gasteiger partial charge in [-0.25, -0.2) is 0 Å². The van der Waals surface area contributed by atoms with Crippen molar-refractivity contribution < 1.29 is 14.4 Å². The Kier molecular flexibility index (Phi) is 5.26. The molecule has 2 heterocycles. The van der Waals surface area contributed by atoms with Crippen molar-refractivity contribution in [1.29, 1.82) is 0 Å². The SMILES string of the molecule is C[C@@H]1CN[C@@H](C)CN1C(=O)c1cc2c(C(=O)C(=O)N(C)C)c[nH]c2cc1Cl. The minimum absolute atomic E-state index is 0.0307. The maximum absolute atomic E-state index is 13.1. The second-order valence-electron chi connectivity index (χ2n) is 7.22. The van der Waals surface area contributed by atoms with Crippen LogP contribution in [0.15, 0.2) is 18.3 Å². The molecule has 2 N–H and O–H groups in total. The lowest BCUT2D eigenvalue weighted by Gasteiger charge is -2.37. The standard InChI is InChI=1S/C19H23ClN4O3/c1-10-9-24(11(2)7-21-10)18(26)13-5-12-14(17(25)19(27)23(3)4)8-22-16(12)6-15(13)20/h5-6,8,10-11,21-22H,7,9H2,1-4H3/t10-,11+/m0/s1. The number of amides is 2. The van der Waals surface area contributed by atoms with Crippen LogP contribution in [0.2, 0.25) is 5.02 Å². The third kappa shape index (κ3) is 3.57. The highest BCUT2D eigenvalue weighted by atomic mass is 35.5. The summed E-state index contributed by atoms with van der Waals surface area (Å²) in [7, 11) is 3.04. The number of halogens is 1. The van der Waals surface area contributed by atoms with Gasteiger partial charge in [-0.2, -0.15) is 0 Å². The van der Waals surface area contributed by atoms with Crippen molar-refractivity contribution in [2.24, 2.45) is 0 Å². The van der Waals surface area contributed by atoms with Gasteiger partial charge in [0.25, 0.3) is 17.6 Å². The predicted molar refractivity (Wildman–Crippen MR) is 104 cm³/mol. The molecular formula is C19H23ClN4O3. The van der Waals surface area contributed by atoms with Gasteiger partial charge in [0.2, 0.25) is 0 Å². The van der Waals surface area contributed by atoms with Gasteiger partial charge in [0, 0.05) is 56.4 Å².